The third kappa shape index (κ3) is 3.58. The Morgan fingerprint density at radius 2 is 2.12 bits per heavy atom. The van der Waals surface area contributed by atoms with Gasteiger partial charge in [-0.15, -0.1) is 0 Å². The number of aldehydes is 1. The summed E-state index contributed by atoms with van der Waals surface area (Å²) in [7, 11) is 2.18. The predicted molar refractivity (Wildman–Crippen MR) is 68.5 cm³/mol. The highest BCUT2D eigenvalue weighted by atomic mass is 16.1. The van der Waals surface area contributed by atoms with Crippen molar-refractivity contribution < 1.29 is 4.79 Å². The molecule has 3 atom stereocenters. The maximum Gasteiger partial charge on any atom is 0.127 e. The van der Waals surface area contributed by atoms with Gasteiger partial charge < -0.3 is 9.69 Å². The molecule has 94 valence electrons. The third-order valence-electron chi connectivity index (χ3n) is 4.23. The third-order valence-corrected chi connectivity index (χ3v) is 4.23. The van der Waals surface area contributed by atoms with Gasteiger partial charge in [0.2, 0.25) is 0 Å². The number of carbonyl (C=O) groups is 1. The van der Waals surface area contributed by atoms with Crippen LogP contribution in [0.15, 0.2) is 0 Å². The summed E-state index contributed by atoms with van der Waals surface area (Å²) in [4.78, 5) is 13.5. The minimum absolute atomic E-state index is 0.157. The van der Waals surface area contributed by atoms with Crippen LogP contribution in [-0.2, 0) is 4.79 Å². The molecule has 0 spiro atoms. The van der Waals surface area contributed by atoms with E-state index in [1.54, 1.807) is 0 Å². The van der Waals surface area contributed by atoms with Gasteiger partial charge in [-0.25, -0.2) is 0 Å². The van der Waals surface area contributed by atoms with Gasteiger partial charge in [0, 0.05) is 18.0 Å². The highest BCUT2D eigenvalue weighted by Crippen LogP contribution is 2.29. The molecule has 0 radical (unpaired) electrons. The van der Waals surface area contributed by atoms with Crippen LogP contribution in [0.4, 0.5) is 0 Å². The molecule has 0 bridgehead atoms. The number of rotatable bonds is 5. The van der Waals surface area contributed by atoms with Crippen molar-refractivity contribution in [2.24, 2.45) is 11.3 Å². The molecule has 0 aromatic carbocycles. The number of hydrogen-bond donors (Lipinski definition) is 0. The van der Waals surface area contributed by atoms with E-state index in [1.807, 2.05) is 0 Å². The van der Waals surface area contributed by atoms with Gasteiger partial charge in [-0.1, -0.05) is 33.6 Å². The lowest BCUT2D eigenvalue weighted by Gasteiger charge is -2.37. The summed E-state index contributed by atoms with van der Waals surface area (Å²) in [6.45, 7) is 7.43. The largest absolute Gasteiger partial charge is 0.303 e. The average Bonchev–Trinajstić information content (AvgIpc) is 2.29. The Morgan fingerprint density at radius 1 is 1.44 bits per heavy atom. The van der Waals surface area contributed by atoms with Crippen molar-refractivity contribution in [2.45, 2.75) is 58.9 Å². The van der Waals surface area contributed by atoms with Crippen LogP contribution in [0, 0.1) is 11.3 Å². The van der Waals surface area contributed by atoms with Gasteiger partial charge in [-0.05, 0) is 32.2 Å². The summed E-state index contributed by atoms with van der Waals surface area (Å²) in [5.74, 6) is 0.852. The van der Waals surface area contributed by atoms with Crippen molar-refractivity contribution in [1.29, 1.82) is 0 Å². The molecule has 2 heteroatoms. The van der Waals surface area contributed by atoms with Crippen molar-refractivity contribution in [1.82, 2.24) is 4.90 Å². The van der Waals surface area contributed by atoms with E-state index >= 15 is 0 Å². The van der Waals surface area contributed by atoms with Crippen LogP contribution in [0.5, 0.6) is 0 Å². The van der Waals surface area contributed by atoms with Crippen molar-refractivity contribution in [2.75, 3.05) is 13.6 Å². The van der Waals surface area contributed by atoms with Gasteiger partial charge >= 0.3 is 0 Å². The standard InChI is InChI=1S/C14H27NO/c1-5-14(3,11-16)10-15(4)13-8-6-7-12(2)9-13/h11-13H,5-10H2,1-4H3. The Bertz CT molecular complexity index is 229. The van der Waals surface area contributed by atoms with E-state index in [0.717, 1.165) is 25.2 Å². The molecule has 0 aliphatic heterocycles. The van der Waals surface area contributed by atoms with Crippen molar-refractivity contribution in [3.63, 3.8) is 0 Å². The predicted octanol–water partition coefficient (Wildman–Crippen LogP) is 3.11. The van der Waals surface area contributed by atoms with Crippen LogP contribution in [0.2, 0.25) is 0 Å². The van der Waals surface area contributed by atoms with Crippen LogP contribution in [0.3, 0.4) is 0 Å². The van der Waals surface area contributed by atoms with Gasteiger partial charge in [0.05, 0.1) is 0 Å². The minimum atomic E-state index is -0.157. The first kappa shape index (κ1) is 13.7. The van der Waals surface area contributed by atoms with E-state index in [-0.39, 0.29) is 5.41 Å². The fraction of sp³-hybridized carbons (Fsp3) is 0.929. The van der Waals surface area contributed by atoms with Gasteiger partial charge in [0.15, 0.2) is 0 Å². The molecule has 0 amide bonds. The Labute approximate surface area is 100 Å². The fourth-order valence-electron chi connectivity index (χ4n) is 2.73. The van der Waals surface area contributed by atoms with Crippen LogP contribution >= 0.6 is 0 Å². The minimum Gasteiger partial charge on any atom is -0.303 e. The first-order valence-corrected chi connectivity index (χ1v) is 6.67. The Balaban J connectivity index is 2.50. The summed E-state index contributed by atoms with van der Waals surface area (Å²) in [6.07, 6.45) is 7.40. The lowest BCUT2D eigenvalue weighted by molar-refractivity contribution is -0.116. The van der Waals surface area contributed by atoms with Gasteiger partial charge in [0.1, 0.15) is 6.29 Å². The second-order valence-corrected chi connectivity index (χ2v) is 5.97. The van der Waals surface area contributed by atoms with Gasteiger partial charge in [0.25, 0.3) is 0 Å². The quantitative estimate of drug-likeness (QED) is 0.670. The maximum atomic E-state index is 11.1. The number of hydrogen-bond acceptors (Lipinski definition) is 2. The highest BCUT2D eigenvalue weighted by Gasteiger charge is 2.28. The van der Waals surface area contributed by atoms with Crippen molar-refractivity contribution in [3.05, 3.63) is 0 Å². The van der Waals surface area contributed by atoms with E-state index < -0.39 is 0 Å². The molecule has 0 aromatic rings. The molecule has 0 aromatic heterocycles. The van der Waals surface area contributed by atoms with E-state index in [4.69, 9.17) is 0 Å². The number of carbonyl (C=O) groups excluding carboxylic acids is 1. The maximum absolute atomic E-state index is 11.1. The number of nitrogens with zero attached hydrogens (tertiary/aromatic N) is 1. The SMILES string of the molecule is CCC(C)(C=O)CN(C)C1CCCC(C)C1. The smallest absolute Gasteiger partial charge is 0.127 e. The molecule has 16 heavy (non-hydrogen) atoms. The van der Waals surface area contributed by atoms with Gasteiger partial charge in [-0.2, -0.15) is 0 Å². The first-order chi connectivity index (χ1) is 7.50. The Morgan fingerprint density at radius 3 is 2.62 bits per heavy atom. The summed E-state index contributed by atoms with van der Waals surface area (Å²) in [5, 5.41) is 0. The van der Waals surface area contributed by atoms with Crippen LogP contribution in [0.25, 0.3) is 0 Å². The first-order valence-electron chi connectivity index (χ1n) is 6.67. The van der Waals surface area contributed by atoms with E-state index in [1.165, 1.54) is 25.7 Å². The zero-order valence-electron chi connectivity index (χ0n) is 11.3. The molecule has 2 nitrogen and oxygen atoms in total. The molecule has 1 fully saturated rings. The van der Waals surface area contributed by atoms with Crippen LogP contribution in [0.1, 0.15) is 52.9 Å². The molecule has 1 rings (SSSR count). The van der Waals surface area contributed by atoms with E-state index in [0.29, 0.717) is 6.04 Å². The summed E-state index contributed by atoms with van der Waals surface area (Å²) >= 11 is 0. The zero-order chi connectivity index (χ0) is 12.2. The van der Waals surface area contributed by atoms with Crippen molar-refractivity contribution >= 4 is 6.29 Å². The van der Waals surface area contributed by atoms with Gasteiger partial charge in [-0.3, -0.25) is 0 Å². The molecule has 1 aliphatic carbocycles. The fourth-order valence-corrected chi connectivity index (χ4v) is 2.73. The summed E-state index contributed by atoms with van der Waals surface area (Å²) in [5.41, 5.74) is -0.157. The Kier molecular flexibility index (Phi) is 4.97. The molecular weight excluding hydrogens is 198 g/mol. The monoisotopic (exact) mass is 225 g/mol. The van der Waals surface area contributed by atoms with Crippen LogP contribution < -0.4 is 0 Å². The molecule has 1 saturated carbocycles. The molecule has 0 heterocycles. The summed E-state index contributed by atoms with van der Waals surface area (Å²) in [6, 6.07) is 0.689. The molecule has 1 aliphatic rings. The van der Waals surface area contributed by atoms with E-state index in [9.17, 15) is 4.79 Å². The second kappa shape index (κ2) is 5.81. The lowest BCUT2D eigenvalue weighted by atomic mass is 9.84. The second-order valence-electron chi connectivity index (χ2n) is 5.97. The molecule has 0 saturated heterocycles. The normalized spacial score (nSPS) is 30.1. The van der Waals surface area contributed by atoms with E-state index in [2.05, 4.69) is 32.7 Å². The lowest BCUT2D eigenvalue weighted by Crippen LogP contribution is -2.42. The molecule has 0 N–H and O–H groups in total. The average molecular weight is 225 g/mol. The van der Waals surface area contributed by atoms with Crippen LogP contribution in [-0.4, -0.2) is 30.8 Å². The topological polar surface area (TPSA) is 20.3 Å². The molecule has 3 unspecified atom stereocenters. The highest BCUT2D eigenvalue weighted by molar-refractivity contribution is 5.58. The zero-order valence-corrected chi connectivity index (χ0v) is 11.3. The van der Waals surface area contributed by atoms with Crippen molar-refractivity contribution in [3.8, 4) is 0 Å². The Hall–Kier alpha value is -0.370. The summed E-state index contributed by atoms with van der Waals surface area (Å²) < 4.78 is 0. The molecular formula is C14H27NO.